The predicted octanol–water partition coefficient (Wildman–Crippen LogP) is 1.11. The number of hydrogen-bond donors (Lipinski definition) is 2. The molecule has 1 aliphatic heterocycles. The lowest BCUT2D eigenvalue weighted by Crippen LogP contribution is -2.49. The minimum Gasteiger partial charge on any atom is -0.496 e. The molecule has 0 spiro atoms. The van der Waals surface area contributed by atoms with Crippen LogP contribution in [0.3, 0.4) is 0 Å². The Labute approximate surface area is 97.2 Å². The highest BCUT2D eigenvalue weighted by Gasteiger charge is 2.12. The first-order valence-corrected chi connectivity index (χ1v) is 5.87. The van der Waals surface area contributed by atoms with Gasteiger partial charge in [-0.25, -0.2) is 0 Å². The Morgan fingerprint density at radius 1 is 1.38 bits per heavy atom. The normalized spacial score (nSPS) is 20.8. The van der Waals surface area contributed by atoms with Crippen molar-refractivity contribution in [1.82, 2.24) is 10.6 Å². The molecule has 3 nitrogen and oxygen atoms in total. The maximum absolute atomic E-state index is 5.26. The quantitative estimate of drug-likeness (QED) is 0.800. The zero-order valence-corrected chi connectivity index (χ0v) is 10.0. The fourth-order valence-electron chi connectivity index (χ4n) is 2.21. The van der Waals surface area contributed by atoms with Gasteiger partial charge in [-0.05, 0) is 30.5 Å². The second-order valence-corrected chi connectivity index (χ2v) is 4.36. The van der Waals surface area contributed by atoms with Crippen LogP contribution in [0.2, 0.25) is 0 Å². The lowest BCUT2D eigenvalue weighted by atomic mass is 10.0. The molecular formula is C13H20N2O. The summed E-state index contributed by atoms with van der Waals surface area (Å²) in [5.41, 5.74) is 2.59. The van der Waals surface area contributed by atoms with Crippen molar-refractivity contribution in [2.24, 2.45) is 0 Å². The van der Waals surface area contributed by atoms with Gasteiger partial charge in [-0.2, -0.15) is 0 Å². The van der Waals surface area contributed by atoms with Crippen molar-refractivity contribution in [3.8, 4) is 5.75 Å². The van der Waals surface area contributed by atoms with Gasteiger partial charge in [0, 0.05) is 25.7 Å². The average Bonchev–Trinajstić information content (AvgIpc) is 2.31. The second-order valence-electron chi connectivity index (χ2n) is 4.36. The molecule has 16 heavy (non-hydrogen) atoms. The van der Waals surface area contributed by atoms with Gasteiger partial charge >= 0.3 is 0 Å². The topological polar surface area (TPSA) is 33.3 Å². The van der Waals surface area contributed by atoms with Crippen LogP contribution in [0.4, 0.5) is 0 Å². The van der Waals surface area contributed by atoms with E-state index in [0.717, 1.165) is 31.8 Å². The maximum atomic E-state index is 5.26. The zero-order valence-electron chi connectivity index (χ0n) is 10.0. The highest BCUT2D eigenvalue weighted by Crippen LogP contribution is 2.19. The molecule has 1 saturated heterocycles. The van der Waals surface area contributed by atoms with Crippen LogP contribution in [0, 0.1) is 6.92 Å². The van der Waals surface area contributed by atoms with E-state index in [0.29, 0.717) is 6.04 Å². The van der Waals surface area contributed by atoms with Crippen LogP contribution < -0.4 is 15.4 Å². The van der Waals surface area contributed by atoms with Crippen LogP contribution in [-0.4, -0.2) is 32.8 Å². The Morgan fingerprint density at radius 3 is 2.88 bits per heavy atom. The maximum Gasteiger partial charge on any atom is 0.121 e. The molecule has 1 aliphatic rings. The van der Waals surface area contributed by atoms with Crippen molar-refractivity contribution < 1.29 is 4.74 Å². The van der Waals surface area contributed by atoms with Gasteiger partial charge in [-0.15, -0.1) is 0 Å². The molecule has 1 aromatic rings. The van der Waals surface area contributed by atoms with E-state index in [4.69, 9.17) is 4.74 Å². The molecule has 1 fully saturated rings. The van der Waals surface area contributed by atoms with Crippen molar-refractivity contribution in [2.45, 2.75) is 19.4 Å². The Kier molecular flexibility index (Phi) is 3.80. The van der Waals surface area contributed by atoms with Gasteiger partial charge in [-0.1, -0.05) is 12.1 Å². The Balaban J connectivity index is 2.01. The van der Waals surface area contributed by atoms with Crippen LogP contribution in [-0.2, 0) is 6.42 Å². The van der Waals surface area contributed by atoms with Gasteiger partial charge in [0.25, 0.3) is 0 Å². The standard InChI is InChI=1S/C13H20N2O/c1-10-7-11(3-4-13(10)16-2)8-12-9-14-5-6-15-12/h3-4,7,12,14-15H,5-6,8-9H2,1-2H3/t12-/m0/s1. The summed E-state index contributed by atoms with van der Waals surface area (Å²) in [6.07, 6.45) is 1.08. The van der Waals surface area contributed by atoms with Gasteiger partial charge in [0.05, 0.1) is 7.11 Å². The van der Waals surface area contributed by atoms with E-state index in [9.17, 15) is 0 Å². The van der Waals surface area contributed by atoms with Gasteiger partial charge < -0.3 is 15.4 Å². The average molecular weight is 220 g/mol. The van der Waals surface area contributed by atoms with Crippen molar-refractivity contribution in [3.63, 3.8) is 0 Å². The molecule has 0 aliphatic carbocycles. The number of piperazine rings is 1. The van der Waals surface area contributed by atoms with Crippen molar-refractivity contribution >= 4 is 0 Å². The molecule has 0 bridgehead atoms. The number of nitrogens with one attached hydrogen (secondary N) is 2. The molecule has 1 aromatic carbocycles. The second kappa shape index (κ2) is 5.32. The summed E-state index contributed by atoms with van der Waals surface area (Å²) >= 11 is 0. The molecule has 0 saturated carbocycles. The summed E-state index contributed by atoms with van der Waals surface area (Å²) in [6.45, 7) is 5.30. The largest absolute Gasteiger partial charge is 0.496 e. The minimum atomic E-state index is 0.557. The number of benzene rings is 1. The highest BCUT2D eigenvalue weighted by molar-refractivity contribution is 5.36. The third-order valence-electron chi connectivity index (χ3n) is 3.07. The van der Waals surface area contributed by atoms with Gasteiger partial charge in [-0.3, -0.25) is 0 Å². The minimum absolute atomic E-state index is 0.557. The molecule has 2 N–H and O–H groups in total. The van der Waals surface area contributed by atoms with E-state index in [-0.39, 0.29) is 0 Å². The smallest absolute Gasteiger partial charge is 0.121 e. The van der Waals surface area contributed by atoms with E-state index >= 15 is 0 Å². The molecule has 0 amide bonds. The monoisotopic (exact) mass is 220 g/mol. The van der Waals surface area contributed by atoms with Crippen LogP contribution in [0.25, 0.3) is 0 Å². The van der Waals surface area contributed by atoms with E-state index in [1.807, 2.05) is 0 Å². The first-order valence-electron chi connectivity index (χ1n) is 5.87. The number of methoxy groups -OCH3 is 1. The van der Waals surface area contributed by atoms with E-state index in [2.05, 4.69) is 35.8 Å². The molecular weight excluding hydrogens is 200 g/mol. The Bertz CT molecular complexity index is 346. The lowest BCUT2D eigenvalue weighted by molar-refractivity contribution is 0.409. The molecule has 3 heteroatoms. The van der Waals surface area contributed by atoms with Crippen molar-refractivity contribution in [3.05, 3.63) is 29.3 Å². The SMILES string of the molecule is COc1ccc(C[C@H]2CNCCN2)cc1C. The first kappa shape index (κ1) is 11.4. The van der Waals surface area contributed by atoms with E-state index in [1.165, 1.54) is 11.1 Å². The van der Waals surface area contributed by atoms with E-state index in [1.54, 1.807) is 7.11 Å². The van der Waals surface area contributed by atoms with Gasteiger partial charge in [0.1, 0.15) is 5.75 Å². The third kappa shape index (κ3) is 2.74. The summed E-state index contributed by atoms with van der Waals surface area (Å²) in [6, 6.07) is 6.99. The summed E-state index contributed by atoms with van der Waals surface area (Å²) in [4.78, 5) is 0. The summed E-state index contributed by atoms with van der Waals surface area (Å²) < 4.78 is 5.26. The Morgan fingerprint density at radius 2 is 2.25 bits per heavy atom. The highest BCUT2D eigenvalue weighted by atomic mass is 16.5. The van der Waals surface area contributed by atoms with Crippen molar-refractivity contribution in [1.29, 1.82) is 0 Å². The summed E-state index contributed by atoms with van der Waals surface area (Å²) in [7, 11) is 1.72. The van der Waals surface area contributed by atoms with Crippen LogP contribution in [0.15, 0.2) is 18.2 Å². The molecule has 0 aromatic heterocycles. The van der Waals surface area contributed by atoms with Crippen molar-refractivity contribution in [2.75, 3.05) is 26.7 Å². The molecule has 1 heterocycles. The first-order chi connectivity index (χ1) is 7.79. The van der Waals surface area contributed by atoms with Gasteiger partial charge in [0.15, 0.2) is 0 Å². The molecule has 88 valence electrons. The number of aryl methyl sites for hydroxylation is 1. The molecule has 1 atom stereocenters. The summed E-state index contributed by atoms with van der Waals surface area (Å²) in [5, 5.41) is 6.93. The van der Waals surface area contributed by atoms with E-state index < -0.39 is 0 Å². The van der Waals surface area contributed by atoms with Crippen LogP contribution >= 0.6 is 0 Å². The predicted molar refractivity (Wildman–Crippen MR) is 66.1 cm³/mol. The van der Waals surface area contributed by atoms with Gasteiger partial charge in [0.2, 0.25) is 0 Å². The number of hydrogen-bond acceptors (Lipinski definition) is 3. The lowest BCUT2D eigenvalue weighted by Gasteiger charge is -2.24. The van der Waals surface area contributed by atoms with Crippen LogP contribution in [0.1, 0.15) is 11.1 Å². The zero-order chi connectivity index (χ0) is 11.4. The fraction of sp³-hybridized carbons (Fsp3) is 0.538. The molecule has 0 radical (unpaired) electrons. The number of ether oxygens (including phenoxy) is 1. The van der Waals surface area contributed by atoms with Crippen LogP contribution in [0.5, 0.6) is 5.75 Å². The molecule has 0 unspecified atom stereocenters. The fourth-order valence-corrected chi connectivity index (χ4v) is 2.21. The third-order valence-corrected chi connectivity index (χ3v) is 3.07. The summed E-state index contributed by atoms with van der Waals surface area (Å²) in [5.74, 6) is 0.971. The number of rotatable bonds is 3. The Hall–Kier alpha value is -1.06. The molecule has 2 rings (SSSR count).